The van der Waals surface area contributed by atoms with Crippen molar-refractivity contribution in [3.63, 3.8) is 0 Å². The standard InChI is InChI=1S/C5H7NOS/c6-4-1-5(3-8)7-2-4/h1-2,8H,3,6H2. The molecule has 0 unspecified atom stereocenters. The van der Waals surface area contributed by atoms with E-state index < -0.39 is 0 Å². The third-order valence-electron chi connectivity index (χ3n) is 0.830. The molecule has 0 aliphatic rings. The van der Waals surface area contributed by atoms with E-state index in [0.717, 1.165) is 5.76 Å². The van der Waals surface area contributed by atoms with E-state index in [1.165, 1.54) is 6.26 Å². The number of thiol groups is 1. The van der Waals surface area contributed by atoms with E-state index in [4.69, 9.17) is 10.2 Å². The number of hydrogen-bond donors (Lipinski definition) is 2. The first-order chi connectivity index (χ1) is 3.83. The lowest BCUT2D eigenvalue weighted by atomic mass is 10.5. The molecule has 1 heterocycles. The lowest BCUT2D eigenvalue weighted by Gasteiger charge is -1.79. The Hall–Kier alpha value is -0.570. The molecular weight excluding hydrogens is 122 g/mol. The van der Waals surface area contributed by atoms with Crippen LogP contribution in [0.4, 0.5) is 5.69 Å². The monoisotopic (exact) mass is 129 g/mol. The predicted octanol–water partition coefficient (Wildman–Crippen LogP) is 1.29. The van der Waals surface area contributed by atoms with Crippen LogP contribution in [0.1, 0.15) is 5.76 Å². The van der Waals surface area contributed by atoms with E-state index in [-0.39, 0.29) is 0 Å². The molecule has 0 radical (unpaired) electrons. The Labute approximate surface area is 53.1 Å². The number of furan rings is 1. The van der Waals surface area contributed by atoms with Gasteiger partial charge in [0.2, 0.25) is 0 Å². The second kappa shape index (κ2) is 2.13. The molecule has 0 saturated carbocycles. The van der Waals surface area contributed by atoms with Gasteiger partial charge in [0.25, 0.3) is 0 Å². The Morgan fingerprint density at radius 3 is 2.75 bits per heavy atom. The average molecular weight is 129 g/mol. The summed E-state index contributed by atoms with van der Waals surface area (Å²) >= 11 is 3.97. The fourth-order valence-corrected chi connectivity index (χ4v) is 0.646. The summed E-state index contributed by atoms with van der Waals surface area (Å²) in [5.41, 5.74) is 5.99. The van der Waals surface area contributed by atoms with Crippen LogP contribution in [0.25, 0.3) is 0 Å². The highest BCUT2D eigenvalue weighted by Crippen LogP contribution is 2.10. The van der Waals surface area contributed by atoms with Crippen molar-refractivity contribution in [3.05, 3.63) is 18.1 Å². The molecule has 0 amide bonds. The molecule has 0 saturated heterocycles. The lowest BCUT2D eigenvalue weighted by Crippen LogP contribution is -1.76. The lowest BCUT2D eigenvalue weighted by molar-refractivity contribution is 0.531. The van der Waals surface area contributed by atoms with Gasteiger partial charge in [-0.1, -0.05) is 0 Å². The zero-order chi connectivity index (χ0) is 5.98. The topological polar surface area (TPSA) is 39.2 Å². The Morgan fingerprint density at radius 1 is 1.75 bits per heavy atom. The molecule has 44 valence electrons. The van der Waals surface area contributed by atoms with Crippen LogP contribution in [0, 0.1) is 0 Å². The van der Waals surface area contributed by atoms with Crippen LogP contribution in [0.2, 0.25) is 0 Å². The maximum Gasteiger partial charge on any atom is 0.115 e. The second-order valence-corrected chi connectivity index (χ2v) is 1.82. The molecule has 0 aromatic carbocycles. The zero-order valence-corrected chi connectivity index (χ0v) is 5.19. The van der Waals surface area contributed by atoms with E-state index in [9.17, 15) is 0 Å². The minimum Gasteiger partial charge on any atom is -0.466 e. The smallest absolute Gasteiger partial charge is 0.115 e. The Kier molecular flexibility index (Phi) is 1.48. The highest BCUT2D eigenvalue weighted by molar-refractivity contribution is 7.79. The summed E-state index contributed by atoms with van der Waals surface area (Å²) in [6, 6.07) is 1.76. The molecule has 0 aliphatic carbocycles. The van der Waals surface area contributed by atoms with Gasteiger partial charge in [0, 0.05) is 11.8 Å². The first-order valence-electron chi connectivity index (χ1n) is 2.26. The average Bonchev–Trinajstić information content (AvgIpc) is 2.14. The molecule has 2 nitrogen and oxygen atoms in total. The van der Waals surface area contributed by atoms with Crippen molar-refractivity contribution in [2.75, 3.05) is 5.73 Å². The summed E-state index contributed by atoms with van der Waals surface area (Å²) < 4.78 is 4.91. The number of nitrogens with two attached hydrogens (primary N) is 1. The number of rotatable bonds is 1. The quantitative estimate of drug-likeness (QED) is 0.561. The Balaban J connectivity index is 2.84. The molecule has 0 spiro atoms. The number of hydrogen-bond acceptors (Lipinski definition) is 3. The molecular formula is C5H7NOS. The molecule has 0 aliphatic heterocycles. The summed E-state index contributed by atoms with van der Waals surface area (Å²) in [6.45, 7) is 0. The van der Waals surface area contributed by atoms with Crippen LogP contribution >= 0.6 is 12.6 Å². The van der Waals surface area contributed by atoms with Gasteiger partial charge in [0.1, 0.15) is 12.0 Å². The second-order valence-electron chi connectivity index (χ2n) is 1.50. The van der Waals surface area contributed by atoms with Crippen molar-refractivity contribution < 1.29 is 4.42 Å². The summed E-state index contributed by atoms with van der Waals surface area (Å²) in [4.78, 5) is 0. The van der Waals surface area contributed by atoms with Crippen LogP contribution in [-0.2, 0) is 5.75 Å². The minimum atomic E-state index is 0.608. The van der Waals surface area contributed by atoms with Crippen molar-refractivity contribution in [2.45, 2.75) is 5.75 Å². The molecule has 3 heteroatoms. The van der Waals surface area contributed by atoms with Gasteiger partial charge in [-0.3, -0.25) is 0 Å². The summed E-state index contributed by atoms with van der Waals surface area (Å²) in [7, 11) is 0. The first kappa shape index (κ1) is 5.56. The van der Waals surface area contributed by atoms with Crippen molar-refractivity contribution in [2.24, 2.45) is 0 Å². The highest BCUT2D eigenvalue weighted by Gasteiger charge is 1.92. The third kappa shape index (κ3) is 0.980. The minimum absolute atomic E-state index is 0.608. The largest absolute Gasteiger partial charge is 0.466 e. The van der Waals surface area contributed by atoms with Gasteiger partial charge in [0.15, 0.2) is 0 Å². The zero-order valence-electron chi connectivity index (χ0n) is 4.29. The van der Waals surface area contributed by atoms with E-state index in [1.807, 2.05) is 0 Å². The van der Waals surface area contributed by atoms with E-state index >= 15 is 0 Å². The summed E-state index contributed by atoms with van der Waals surface area (Å²) in [5.74, 6) is 1.42. The third-order valence-corrected chi connectivity index (χ3v) is 1.14. The normalized spacial score (nSPS) is 9.62. The molecule has 1 aromatic rings. The Morgan fingerprint density at radius 2 is 2.50 bits per heavy atom. The fraction of sp³-hybridized carbons (Fsp3) is 0.200. The SMILES string of the molecule is Nc1coc(CS)c1. The molecule has 2 N–H and O–H groups in total. The van der Waals surface area contributed by atoms with E-state index in [1.54, 1.807) is 6.07 Å². The van der Waals surface area contributed by atoms with Crippen LogP contribution < -0.4 is 5.73 Å². The maximum atomic E-state index is 5.33. The van der Waals surface area contributed by atoms with Crippen molar-refractivity contribution in [3.8, 4) is 0 Å². The molecule has 0 bridgehead atoms. The highest BCUT2D eigenvalue weighted by atomic mass is 32.1. The maximum absolute atomic E-state index is 5.33. The van der Waals surface area contributed by atoms with Gasteiger partial charge in [-0.2, -0.15) is 12.6 Å². The van der Waals surface area contributed by atoms with Crippen molar-refractivity contribution in [1.29, 1.82) is 0 Å². The fourth-order valence-electron chi connectivity index (χ4n) is 0.481. The van der Waals surface area contributed by atoms with Crippen LogP contribution in [0.5, 0.6) is 0 Å². The van der Waals surface area contributed by atoms with Gasteiger partial charge in [-0.25, -0.2) is 0 Å². The van der Waals surface area contributed by atoms with Crippen LogP contribution in [0.15, 0.2) is 16.7 Å². The molecule has 1 aromatic heterocycles. The molecule has 0 atom stereocenters. The van der Waals surface area contributed by atoms with Crippen LogP contribution in [0.3, 0.4) is 0 Å². The van der Waals surface area contributed by atoms with Gasteiger partial charge in [-0.15, -0.1) is 0 Å². The Bertz CT molecular complexity index is 173. The van der Waals surface area contributed by atoms with Crippen molar-refractivity contribution in [1.82, 2.24) is 0 Å². The van der Waals surface area contributed by atoms with E-state index in [2.05, 4.69) is 12.6 Å². The van der Waals surface area contributed by atoms with Gasteiger partial charge >= 0.3 is 0 Å². The van der Waals surface area contributed by atoms with Gasteiger partial charge < -0.3 is 10.2 Å². The van der Waals surface area contributed by atoms with E-state index in [0.29, 0.717) is 11.4 Å². The number of anilines is 1. The summed E-state index contributed by atoms with van der Waals surface area (Å²) in [5, 5.41) is 0. The van der Waals surface area contributed by atoms with Gasteiger partial charge in [0.05, 0.1) is 5.69 Å². The molecule has 0 fully saturated rings. The van der Waals surface area contributed by atoms with Gasteiger partial charge in [-0.05, 0) is 0 Å². The predicted molar refractivity (Wildman–Crippen MR) is 35.8 cm³/mol. The van der Waals surface area contributed by atoms with Crippen molar-refractivity contribution >= 4 is 18.3 Å². The van der Waals surface area contributed by atoms with Crippen LogP contribution in [-0.4, -0.2) is 0 Å². The molecule has 8 heavy (non-hydrogen) atoms. The molecule has 1 rings (SSSR count). The first-order valence-corrected chi connectivity index (χ1v) is 2.90. The number of nitrogen functional groups attached to an aromatic ring is 1. The summed E-state index contributed by atoms with van der Waals surface area (Å²) in [6.07, 6.45) is 1.51.